The average Bonchev–Trinajstić information content (AvgIpc) is 3.48. The summed E-state index contributed by atoms with van der Waals surface area (Å²) in [5, 5.41) is 7.86. The standard InChI is InChI=1S/C42H29NS/c1-2-9-28(10-3-1)32-12-8-13-33(25-32)43(34-22-19-30-18-17-29-11-4-5-14-36(29)38(30)26-34)35-23-20-31-21-24-41-42(39(31)27-35)37-15-6-7-16-40(37)44-41/h1-19,21-22,24-27H,20,23H2. The van der Waals surface area contributed by atoms with Crippen LogP contribution >= 0.6 is 11.3 Å². The van der Waals surface area contributed by atoms with Crippen LogP contribution < -0.4 is 4.90 Å². The molecule has 0 atom stereocenters. The van der Waals surface area contributed by atoms with Gasteiger partial charge in [-0.2, -0.15) is 0 Å². The van der Waals surface area contributed by atoms with E-state index in [0.717, 1.165) is 12.8 Å². The lowest BCUT2D eigenvalue weighted by atomic mass is 9.90. The van der Waals surface area contributed by atoms with Crippen molar-refractivity contribution < 1.29 is 0 Å². The minimum atomic E-state index is 0.976. The second-order valence-corrected chi connectivity index (χ2v) is 12.8. The molecule has 0 aliphatic heterocycles. The number of benzene rings is 7. The van der Waals surface area contributed by atoms with Crippen LogP contribution in [0.4, 0.5) is 11.4 Å². The average molecular weight is 580 g/mol. The summed E-state index contributed by atoms with van der Waals surface area (Å²) in [4.78, 5) is 2.50. The Balaban J connectivity index is 1.29. The summed E-state index contributed by atoms with van der Waals surface area (Å²) in [5.74, 6) is 0. The van der Waals surface area contributed by atoms with Gasteiger partial charge in [0.25, 0.3) is 0 Å². The molecule has 0 N–H and O–H groups in total. The van der Waals surface area contributed by atoms with Gasteiger partial charge in [0.1, 0.15) is 0 Å². The van der Waals surface area contributed by atoms with Gasteiger partial charge in [0, 0.05) is 37.2 Å². The fourth-order valence-electron chi connectivity index (χ4n) is 7.01. The summed E-state index contributed by atoms with van der Waals surface area (Å²) in [6.45, 7) is 0. The third kappa shape index (κ3) is 4.14. The molecule has 0 spiro atoms. The number of rotatable bonds is 4. The number of allylic oxidation sites excluding steroid dienone is 1. The van der Waals surface area contributed by atoms with E-state index in [9.17, 15) is 0 Å². The number of fused-ring (bicyclic) bond motifs is 8. The molecule has 0 radical (unpaired) electrons. The molecule has 0 saturated carbocycles. The van der Waals surface area contributed by atoms with Crippen LogP contribution in [0.1, 0.15) is 17.5 Å². The first-order valence-corrected chi connectivity index (χ1v) is 16.1. The van der Waals surface area contributed by atoms with E-state index in [4.69, 9.17) is 0 Å². The van der Waals surface area contributed by atoms with Crippen LogP contribution in [0.2, 0.25) is 0 Å². The lowest BCUT2D eigenvalue weighted by molar-refractivity contribution is 0.897. The Bertz CT molecular complexity index is 2400. The minimum absolute atomic E-state index is 0.976. The van der Waals surface area contributed by atoms with Crippen molar-refractivity contribution in [3.63, 3.8) is 0 Å². The van der Waals surface area contributed by atoms with Gasteiger partial charge in [0.05, 0.1) is 0 Å². The molecule has 1 aliphatic rings. The van der Waals surface area contributed by atoms with Crippen LogP contribution in [0, 0.1) is 0 Å². The van der Waals surface area contributed by atoms with Crippen LogP contribution in [0.3, 0.4) is 0 Å². The van der Waals surface area contributed by atoms with Crippen LogP contribution in [-0.2, 0) is 6.42 Å². The first-order valence-electron chi connectivity index (χ1n) is 15.3. The molecule has 0 bridgehead atoms. The number of nitrogens with zero attached hydrogens (tertiary/aromatic N) is 1. The second kappa shape index (κ2) is 10.2. The van der Waals surface area contributed by atoms with E-state index < -0.39 is 0 Å². The highest BCUT2D eigenvalue weighted by atomic mass is 32.1. The topological polar surface area (TPSA) is 3.24 Å². The zero-order valence-electron chi connectivity index (χ0n) is 24.2. The highest BCUT2D eigenvalue weighted by Gasteiger charge is 2.22. The Hall–Kier alpha value is -5.18. The summed E-state index contributed by atoms with van der Waals surface area (Å²) in [6, 6.07) is 53.4. The largest absolute Gasteiger partial charge is 0.314 e. The predicted molar refractivity (Wildman–Crippen MR) is 191 cm³/mol. The Morgan fingerprint density at radius 2 is 1.20 bits per heavy atom. The Kier molecular flexibility index (Phi) is 5.89. The van der Waals surface area contributed by atoms with Crippen LogP contribution in [0.25, 0.3) is 58.9 Å². The smallest absolute Gasteiger partial charge is 0.0465 e. The van der Waals surface area contributed by atoms with E-state index >= 15 is 0 Å². The molecule has 0 fully saturated rings. The molecule has 44 heavy (non-hydrogen) atoms. The minimum Gasteiger partial charge on any atom is -0.314 e. The zero-order chi connectivity index (χ0) is 29.0. The molecule has 2 heteroatoms. The van der Waals surface area contributed by atoms with Crippen LogP contribution in [0.15, 0.2) is 151 Å². The molecule has 1 nitrogen and oxygen atoms in total. The van der Waals surface area contributed by atoms with E-state index in [2.05, 4.69) is 157 Å². The quantitative estimate of drug-likeness (QED) is 0.187. The van der Waals surface area contributed by atoms with Gasteiger partial charge in [0.15, 0.2) is 0 Å². The number of aryl methyl sites for hydroxylation is 1. The van der Waals surface area contributed by atoms with Gasteiger partial charge in [-0.1, -0.05) is 109 Å². The highest BCUT2D eigenvalue weighted by Crippen LogP contribution is 2.43. The van der Waals surface area contributed by atoms with Crippen LogP contribution in [-0.4, -0.2) is 0 Å². The molecule has 0 unspecified atom stereocenters. The highest BCUT2D eigenvalue weighted by molar-refractivity contribution is 7.25. The maximum Gasteiger partial charge on any atom is 0.0465 e. The molecule has 0 amide bonds. The van der Waals surface area contributed by atoms with Gasteiger partial charge in [0.2, 0.25) is 0 Å². The molecule has 1 heterocycles. The fourth-order valence-corrected chi connectivity index (χ4v) is 8.13. The maximum atomic E-state index is 2.50. The lowest BCUT2D eigenvalue weighted by Gasteiger charge is -2.31. The Labute approximate surface area is 260 Å². The molecule has 7 aromatic carbocycles. The third-order valence-electron chi connectivity index (χ3n) is 9.12. The molecular weight excluding hydrogens is 551 g/mol. The van der Waals surface area contributed by atoms with Gasteiger partial charge < -0.3 is 4.90 Å². The monoisotopic (exact) mass is 579 g/mol. The maximum absolute atomic E-state index is 2.50. The van der Waals surface area contributed by atoms with Crippen molar-refractivity contribution in [2.45, 2.75) is 12.8 Å². The number of hydrogen-bond donors (Lipinski definition) is 0. The van der Waals surface area contributed by atoms with E-state index in [0.29, 0.717) is 0 Å². The van der Waals surface area contributed by atoms with E-state index in [1.165, 1.54) is 81.0 Å². The van der Waals surface area contributed by atoms with Crippen molar-refractivity contribution in [2.24, 2.45) is 0 Å². The normalized spacial score (nSPS) is 13.0. The van der Waals surface area contributed by atoms with Gasteiger partial charge in [-0.15, -0.1) is 11.3 Å². The summed E-state index contributed by atoms with van der Waals surface area (Å²) in [5.41, 5.74) is 8.96. The molecule has 9 rings (SSSR count). The Morgan fingerprint density at radius 1 is 0.477 bits per heavy atom. The van der Waals surface area contributed by atoms with Crippen molar-refractivity contribution in [2.75, 3.05) is 4.90 Å². The van der Waals surface area contributed by atoms with Crippen molar-refractivity contribution in [3.05, 3.63) is 162 Å². The van der Waals surface area contributed by atoms with E-state index in [1.807, 2.05) is 11.3 Å². The first-order chi connectivity index (χ1) is 21.8. The summed E-state index contributed by atoms with van der Waals surface area (Å²) < 4.78 is 2.71. The van der Waals surface area contributed by atoms with Crippen molar-refractivity contribution in [3.8, 4) is 11.1 Å². The van der Waals surface area contributed by atoms with Gasteiger partial charge in [-0.05, 0) is 99.1 Å². The van der Waals surface area contributed by atoms with Gasteiger partial charge in [-0.25, -0.2) is 0 Å². The van der Waals surface area contributed by atoms with E-state index in [-0.39, 0.29) is 0 Å². The molecular formula is C42H29NS. The van der Waals surface area contributed by atoms with Gasteiger partial charge >= 0.3 is 0 Å². The molecule has 1 aromatic heterocycles. The molecule has 0 saturated heterocycles. The summed E-state index contributed by atoms with van der Waals surface area (Å²) in [6.07, 6.45) is 4.47. The predicted octanol–water partition coefficient (Wildman–Crippen LogP) is 12.2. The number of thiophene rings is 1. The van der Waals surface area contributed by atoms with E-state index in [1.54, 1.807) is 0 Å². The molecule has 8 aromatic rings. The molecule has 1 aliphatic carbocycles. The van der Waals surface area contributed by atoms with Gasteiger partial charge in [-0.3, -0.25) is 0 Å². The van der Waals surface area contributed by atoms with Crippen molar-refractivity contribution in [1.29, 1.82) is 0 Å². The Morgan fingerprint density at radius 3 is 2.11 bits per heavy atom. The SMILES string of the molecule is C1=C(N(c2cccc(-c3ccccc3)c2)c2ccc3ccc4ccccc4c3c2)CCc2ccc3sc4ccccc4c3c21. The molecule has 208 valence electrons. The third-order valence-corrected chi connectivity index (χ3v) is 10.3. The number of hydrogen-bond acceptors (Lipinski definition) is 2. The summed E-state index contributed by atoms with van der Waals surface area (Å²) in [7, 11) is 0. The number of anilines is 2. The second-order valence-electron chi connectivity index (χ2n) is 11.7. The fraction of sp³-hybridized carbons (Fsp3) is 0.0476. The van der Waals surface area contributed by atoms with Crippen LogP contribution in [0.5, 0.6) is 0 Å². The summed E-state index contributed by atoms with van der Waals surface area (Å²) >= 11 is 1.90. The first kappa shape index (κ1) is 25.3. The van der Waals surface area contributed by atoms with Crippen molar-refractivity contribution in [1.82, 2.24) is 0 Å². The van der Waals surface area contributed by atoms with Crippen molar-refractivity contribution >= 4 is 70.5 Å². The lowest BCUT2D eigenvalue weighted by Crippen LogP contribution is -2.19. The zero-order valence-corrected chi connectivity index (χ0v) is 25.0.